The third-order valence-corrected chi connectivity index (χ3v) is 9.58. The van der Waals surface area contributed by atoms with E-state index in [0.717, 1.165) is 39.0 Å². The normalized spacial score (nSPS) is 11.7. The molecule has 0 aliphatic rings. The molecule has 0 aliphatic carbocycles. The molecule has 2 nitrogen and oxygen atoms in total. The lowest BCUT2D eigenvalue weighted by Crippen LogP contribution is -2.09. The monoisotopic (exact) mass is 567 g/mol. The van der Waals surface area contributed by atoms with Crippen LogP contribution in [0.25, 0.3) is 64.0 Å². The molecule has 0 amide bonds. The zero-order chi connectivity index (χ0) is 28.3. The van der Waals surface area contributed by atoms with E-state index in [9.17, 15) is 0 Å². The number of benzene rings is 7. The fourth-order valence-electron chi connectivity index (χ4n) is 6.33. The van der Waals surface area contributed by atoms with Crippen molar-refractivity contribution in [3.63, 3.8) is 0 Å². The molecule has 0 unspecified atom stereocenters. The van der Waals surface area contributed by atoms with Crippen molar-refractivity contribution >= 4 is 81.3 Å². The molecule has 202 valence electrons. The van der Waals surface area contributed by atoms with Crippen LogP contribution in [0.15, 0.2) is 156 Å². The molecule has 0 saturated heterocycles. The summed E-state index contributed by atoms with van der Waals surface area (Å²) >= 11 is 1.85. The summed E-state index contributed by atoms with van der Waals surface area (Å²) in [4.78, 5) is 2.37. The summed E-state index contributed by atoms with van der Waals surface area (Å²) in [5, 5.41) is 7.38. The summed E-state index contributed by atoms with van der Waals surface area (Å²) in [6, 6.07) is 54.5. The first-order chi connectivity index (χ1) is 21.3. The molecule has 9 rings (SSSR count). The minimum Gasteiger partial charge on any atom is -0.456 e. The Hall–Kier alpha value is -5.38. The van der Waals surface area contributed by atoms with E-state index in [2.05, 4.69) is 144 Å². The van der Waals surface area contributed by atoms with Crippen molar-refractivity contribution in [3.05, 3.63) is 152 Å². The average Bonchev–Trinajstić information content (AvgIpc) is 3.63. The number of thiophene rings is 1. The zero-order valence-corrected chi connectivity index (χ0v) is 24.0. The van der Waals surface area contributed by atoms with Crippen molar-refractivity contribution in [2.75, 3.05) is 4.90 Å². The van der Waals surface area contributed by atoms with Gasteiger partial charge in [-0.05, 0) is 82.6 Å². The van der Waals surface area contributed by atoms with Crippen molar-refractivity contribution in [2.24, 2.45) is 0 Å². The van der Waals surface area contributed by atoms with Gasteiger partial charge in [-0.15, -0.1) is 11.3 Å². The lowest BCUT2D eigenvalue weighted by Gasteiger charge is -2.26. The van der Waals surface area contributed by atoms with E-state index in [1.807, 2.05) is 23.5 Å². The number of nitrogens with zero attached hydrogens (tertiary/aromatic N) is 1. The fourth-order valence-corrected chi connectivity index (χ4v) is 7.46. The van der Waals surface area contributed by atoms with Crippen LogP contribution in [0.5, 0.6) is 0 Å². The lowest BCUT2D eigenvalue weighted by atomic mass is 10.0. The summed E-state index contributed by atoms with van der Waals surface area (Å²) in [7, 11) is 0. The number of furan rings is 1. The maximum atomic E-state index is 6.07. The summed E-state index contributed by atoms with van der Waals surface area (Å²) in [5.74, 6) is 0. The van der Waals surface area contributed by atoms with Gasteiger partial charge in [-0.25, -0.2) is 0 Å². The number of hydrogen-bond donors (Lipinski definition) is 0. The molecule has 0 N–H and O–H groups in total. The van der Waals surface area contributed by atoms with Crippen molar-refractivity contribution in [2.45, 2.75) is 0 Å². The molecule has 0 atom stereocenters. The topological polar surface area (TPSA) is 16.4 Å². The Morgan fingerprint density at radius 2 is 1.05 bits per heavy atom. The molecule has 9 aromatic rings. The molecule has 7 aromatic carbocycles. The lowest BCUT2D eigenvalue weighted by molar-refractivity contribution is 0.669. The van der Waals surface area contributed by atoms with Gasteiger partial charge in [0.2, 0.25) is 0 Å². The van der Waals surface area contributed by atoms with Gasteiger partial charge in [0.1, 0.15) is 11.2 Å². The maximum absolute atomic E-state index is 6.07. The molecule has 2 heterocycles. The fraction of sp³-hybridized carbons (Fsp3) is 0. The predicted octanol–water partition coefficient (Wildman–Crippen LogP) is 12.2. The van der Waals surface area contributed by atoms with E-state index in [1.165, 1.54) is 42.1 Å². The van der Waals surface area contributed by atoms with Crippen LogP contribution in [0.4, 0.5) is 17.1 Å². The summed E-state index contributed by atoms with van der Waals surface area (Å²) in [5.41, 5.74) is 7.59. The van der Waals surface area contributed by atoms with Gasteiger partial charge in [-0.3, -0.25) is 0 Å². The third-order valence-electron chi connectivity index (χ3n) is 8.45. The minimum absolute atomic E-state index is 0.917. The van der Waals surface area contributed by atoms with E-state index in [-0.39, 0.29) is 0 Å². The van der Waals surface area contributed by atoms with E-state index < -0.39 is 0 Å². The van der Waals surface area contributed by atoms with E-state index in [0.29, 0.717) is 0 Å². The van der Waals surface area contributed by atoms with Crippen LogP contribution in [0.2, 0.25) is 0 Å². The summed E-state index contributed by atoms with van der Waals surface area (Å²) < 4.78 is 8.68. The molecular formula is C40H25NOS. The van der Waals surface area contributed by atoms with E-state index in [4.69, 9.17) is 4.42 Å². The highest BCUT2D eigenvalue weighted by molar-refractivity contribution is 7.25. The second-order valence-corrected chi connectivity index (χ2v) is 12.1. The van der Waals surface area contributed by atoms with Crippen LogP contribution in [0, 0.1) is 0 Å². The molecule has 0 bridgehead atoms. The van der Waals surface area contributed by atoms with Crippen LogP contribution < -0.4 is 4.90 Å². The molecule has 0 saturated carbocycles. The van der Waals surface area contributed by atoms with Gasteiger partial charge in [0.25, 0.3) is 0 Å². The van der Waals surface area contributed by atoms with E-state index >= 15 is 0 Å². The quantitative estimate of drug-likeness (QED) is 0.210. The highest BCUT2D eigenvalue weighted by atomic mass is 32.1. The zero-order valence-electron chi connectivity index (χ0n) is 23.2. The van der Waals surface area contributed by atoms with E-state index in [1.54, 1.807) is 0 Å². The molecule has 0 radical (unpaired) electrons. The number of rotatable bonds is 4. The van der Waals surface area contributed by atoms with Crippen molar-refractivity contribution < 1.29 is 4.42 Å². The molecular weight excluding hydrogens is 543 g/mol. The number of hydrogen-bond acceptors (Lipinski definition) is 3. The van der Waals surface area contributed by atoms with Gasteiger partial charge < -0.3 is 9.32 Å². The second kappa shape index (κ2) is 9.59. The number of anilines is 3. The molecule has 0 spiro atoms. The highest BCUT2D eigenvalue weighted by Crippen LogP contribution is 2.42. The standard InChI is InChI=1S/C40H25NOS/c1-2-8-28-23-31(19-15-26(28)7-1)41(32-20-21-35-34-10-4-6-12-39(34)43-40(35)25-32)30-17-13-27(14-18-30)29-16-22-38-36(24-29)33-9-3-5-11-37(33)42-38/h1-25H. The summed E-state index contributed by atoms with van der Waals surface area (Å²) in [6.07, 6.45) is 0. The van der Waals surface area contributed by atoms with Gasteiger partial charge in [-0.2, -0.15) is 0 Å². The van der Waals surface area contributed by atoms with Crippen LogP contribution >= 0.6 is 11.3 Å². The SMILES string of the molecule is c1ccc2cc(N(c3ccc(-c4ccc5oc6ccccc6c5c4)cc3)c3ccc4c(c3)sc3ccccc34)ccc2c1. The largest absolute Gasteiger partial charge is 0.456 e. The molecule has 2 aromatic heterocycles. The van der Waals surface area contributed by atoms with Crippen LogP contribution in [0.1, 0.15) is 0 Å². The van der Waals surface area contributed by atoms with Gasteiger partial charge >= 0.3 is 0 Å². The molecule has 0 fully saturated rings. The van der Waals surface area contributed by atoms with Crippen molar-refractivity contribution in [1.29, 1.82) is 0 Å². The Morgan fingerprint density at radius 1 is 0.395 bits per heavy atom. The van der Waals surface area contributed by atoms with Gasteiger partial charge in [-0.1, -0.05) is 91.0 Å². The average molecular weight is 568 g/mol. The first-order valence-corrected chi connectivity index (χ1v) is 15.3. The summed E-state index contributed by atoms with van der Waals surface area (Å²) in [6.45, 7) is 0. The first kappa shape index (κ1) is 24.2. The van der Waals surface area contributed by atoms with Crippen LogP contribution in [0.3, 0.4) is 0 Å². The van der Waals surface area contributed by atoms with Crippen LogP contribution in [-0.4, -0.2) is 0 Å². The Kier molecular flexibility index (Phi) is 5.40. The van der Waals surface area contributed by atoms with Crippen molar-refractivity contribution in [3.8, 4) is 11.1 Å². The Morgan fingerprint density at radius 3 is 1.95 bits per heavy atom. The second-order valence-electron chi connectivity index (χ2n) is 11.0. The molecule has 3 heteroatoms. The smallest absolute Gasteiger partial charge is 0.135 e. The van der Waals surface area contributed by atoms with Crippen molar-refractivity contribution in [1.82, 2.24) is 0 Å². The third kappa shape index (κ3) is 4.01. The molecule has 0 aliphatic heterocycles. The number of fused-ring (bicyclic) bond motifs is 7. The van der Waals surface area contributed by atoms with Gasteiger partial charge in [0, 0.05) is 48.0 Å². The Labute approximate surface area is 252 Å². The van der Waals surface area contributed by atoms with Crippen LogP contribution in [-0.2, 0) is 0 Å². The molecule has 43 heavy (non-hydrogen) atoms. The highest BCUT2D eigenvalue weighted by Gasteiger charge is 2.16. The van der Waals surface area contributed by atoms with Gasteiger partial charge in [0.15, 0.2) is 0 Å². The maximum Gasteiger partial charge on any atom is 0.135 e. The first-order valence-electron chi connectivity index (χ1n) is 14.5. The number of para-hydroxylation sites is 1. The Balaban J connectivity index is 1.17. The van der Waals surface area contributed by atoms with Gasteiger partial charge in [0.05, 0.1) is 0 Å². The Bertz CT molecular complexity index is 2470. The minimum atomic E-state index is 0.917. The predicted molar refractivity (Wildman–Crippen MR) is 184 cm³/mol.